The molecule has 3 saturated heterocycles. The first kappa shape index (κ1) is 27.2. The Labute approximate surface area is 182 Å². The van der Waals surface area contributed by atoms with Gasteiger partial charge in [0, 0.05) is 0 Å². The Balaban J connectivity index is 0.000000319. The number of piperidine rings is 3. The Hall–Kier alpha value is 0.246. The van der Waals surface area contributed by atoms with E-state index in [-0.39, 0.29) is 0 Å². The summed E-state index contributed by atoms with van der Waals surface area (Å²) in [4.78, 5) is 0. The van der Waals surface area contributed by atoms with Crippen LogP contribution in [0.1, 0.15) is 57.8 Å². The van der Waals surface area contributed by atoms with Crippen LogP contribution in [-0.2, 0) is 12.9 Å². The minimum atomic E-state index is 0.382. The summed E-state index contributed by atoms with van der Waals surface area (Å²) in [5, 5.41) is 16.4. The molecule has 0 atom stereocenters. The van der Waals surface area contributed by atoms with Crippen molar-refractivity contribution >= 4 is 20.3 Å². The molecule has 0 radical (unpaired) electrons. The molecule has 3 fully saturated rings. The van der Waals surface area contributed by atoms with Crippen molar-refractivity contribution in [1.82, 2.24) is 0 Å². The van der Waals surface area contributed by atoms with Crippen molar-refractivity contribution in [2.75, 3.05) is 45.8 Å². The summed E-state index contributed by atoms with van der Waals surface area (Å²) < 4.78 is 0. The summed E-state index contributed by atoms with van der Waals surface area (Å²) in [7, 11) is 9.47. The molecule has 4 nitrogen and oxygen atoms in total. The van der Waals surface area contributed by atoms with Crippen molar-refractivity contribution < 1.29 is 12.9 Å². The van der Waals surface area contributed by atoms with Gasteiger partial charge in [0.05, 0.1) is 0 Å². The maximum absolute atomic E-state index is 4.73. The molecular weight excluding hydrogens is 426 g/mol. The third-order valence-electron chi connectivity index (χ3n) is 4.05. The number of allylic oxidation sites excluding steroid dienone is 2. The Kier molecular flexibility index (Phi) is 26.5. The molecule has 0 aromatic rings. The molecule has 0 aromatic heterocycles. The third kappa shape index (κ3) is 26.2. The molecule has 0 bridgehead atoms. The summed E-state index contributed by atoms with van der Waals surface area (Å²) in [6, 6.07) is 0. The van der Waals surface area contributed by atoms with Crippen LogP contribution >= 0.6 is 20.3 Å². The van der Waals surface area contributed by atoms with Crippen LogP contribution in [0.15, 0.2) is 24.4 Å². The fourth-order valence-electron chi connectivity index (χ4n) is 2.58. The van der Waals surface area contributed by atoms with Gasteiger partial charge in [0.1, 0.15) is 0 Å². The molecule has 4 aliphatic heterocycles. The fraction of sp³-hybridized carbons (Fsp3) is 0.800. The fourth-order valence-corrected chi connectivity index (χ4v) is 2.58. The average molecular weight is 462 g/mol. The van der Waals surface area contributed by atoms with Crippen LogP contribution < -0.4 is 0 Å². The van der Waals surface area contributed by atoms with E-state index in [4.69, 9.17) is 20.3 Å². The van der Waals surface area contributed by atoms with E-state index < -0.39 is 0 Å². The molecule has 0 N–H and O–H groups in total. The molecule has 4 rings (SSSR count). The molecule has 0 spiro atoms. The van der Waals surface area contributed by atoms with E-state index >= 15 is 0 Å². The second kappa shape index (κ2) is 26.2. The maximum atomic E-state index is 4.73. The van der Waals surface area contributed by atoms with Gasteiger partial charge >= 0.3 is 33.2 Å². The molecule has 7 heteroatoms. The van der Waals surface area contributed by atoms with E-state index in [0.29, 0.717) is 12.9 Å². The topological polar surface area (TPSA) is 56.4 Å². The van der Waals surface area contributed by atoms with Crippen molar-refractivity contribution in [2.45, 2.75) is 57.8 Å². The zero-order valence-corrected chi connectivity index (χ0v) is 19.1. The van der Waals surface area contributed by atoms with Crippen molar-refractivity contribution in [3.63, 3.8) is 0 Å². The van der Waals surface area contributed by atoms with Crippen LogP contribution in [0.25, 0.3) is 21.3 Å². The van der Waals surface area contributed by atoms with Crippen LogP contribution in [-0.4, -0.2) is 45.8 Å². The van der Waals surface area contributed by atoms with E-state index in [0.717, 1.165) is 45.8 Å². The van der Waals surface area contributed by atoms with E-state index in [1.165, 1.54) is 57.8 Å². The van der Waals surface area contributed by atoms with Crippen molar-refractivity contribution in [3.8, 4) is 0 Å². The molecule has 0 aliphatic carbocycles. The molecule has 0 amide bonds. The standard InChI is InChI=1S/3C5H10N.C5H6N.2ClH.Co/c4*1-2-4-6-5-3-1;;;/h3*1-5H2;1-4H,5H2;2*1H;/q4*-1;;;+2/p-2. The van der Waals surface area contributed by atoms with Crippen LogP contribution in [0, 0.1) is 0 Å². The molecule has 163 valence electrons. The van der Waals surface area contributed by atoms with Crippen LogP contribution in [0.4, 0.5) is 0 Å². The van der Waals surface area contributed by atoms with Gasteiger partial charge in [-0.05, 0) is 0 Å². The third-order valence-corrected chi connectivity index (χ3v) is 4.05. The quantitative estimate of drug-likeness (QED) is 0.359. The second-order valence-electron chi connectivity index (χ2n) is 6.38. The van der Waals surface area contributed by atoms with Crippen LogP contribution in [0.3, 0.4) is 0 Å². The van der Waals surface area contributed by atoms with E-state index in [9.17, 15) is 0 Å². The second-order valence-corrected chi connectivity index (χ2v) is 8.10. The van der Waals surface area contributed by atoms with Gasteiger partial charge in [0.2, 0.25) is 0 Å². The number of hydrogen-bond acceptors (Lipinski definition) is 0. The van der Waals surface area contributed by atoms with Crippen molar-refractivity contribution in [3.05, 3.63) is 45.7 Å². The number of rotatable bonds is 0. The summed E-state index contributed by atoms with van der Waals surface area (Å²) in [6.45, 7) is 7.61. The van der Waals surface area contributed by atoms with Gasteiger partial charge < -0.3 is 21.3 Å². The first-order valence-electron chi connectivity index (χ1n) is 10.1. The summed E-state index contributed by atoms with van der Waals surface area (Å²) in [5.74, 6) is 0. The van der Waals surface area contributed by atoms with Gasteiger partial charge in [-0.15, -0.1) is 51.9 Å². The summed E-state index contributed by atoms with van der Waals surface area (Å²) in [5.41, 5.74) is 0. The number of hydrogen-bond donors (Lipinski definition) is 0. The van der Waals surface area contributed by atoms with Gasteiger partial charge in [0.25, 0.3) is 0 Å². The molecule has 27 heavy (non-hydrogen) atoms. The Morgan fingerprint density at radius 2 is 0.926 bits per heavy atom. The van der Waals surface area contributed by atoms with Crippen LogP contribution in [0.2, 0.25) is 0 Å². The zero-order chi connectivity index (χ0) is 19.7. The van der Waals surface area contributed by atoms with E-state index in [1.54, 1.807) is 6.20 Å². The first-order valence-corrected chi connectivity index (χ1v) is 13.0. The SMILES string of the molecule is C1=CC[N-]C=C1.C1CC[N-]CC1.C1CC[N-]CC1.C1CC[N-]CC1.[Cl][Co][Cl]. The predicted octanol–water partition coefficient (Wildman–Crippen LogP) is 7.45. The van der Waals surface area contributed by atoms with E-state index in [1.807, 2.05) is 18.2 Å². The normalized spacial score (nSPS) is 20.7. The molecule has 0 unspecified atom stereocenters. The predicted molar refractivity (Wildman–Crippen MR) is 119 cm³/mol. The first-order chi connectivity index (χ1) is 13.4. The molecule has 4 heterocycles. The van der Waals surface area contributed by atoms with Crippen LogP contribution in [0.5, 0.6) is 0 Å². The van der Waals surface area contributed by atoms with Gasteiger partial charge in [-0.3, -0.25) is 0 Å². The Bertz CT molecular complexity index is 244. The number of halogens is 2. The number of nitrogens with zero attached hydrogens (tertiary/aromatic N) is 4. The Morgan fingerprint density at radius 3 is 1.00 bits per heavy atom. The van der Waals surface area contributed by atoms with Crippen molar-refractivity contribution in [2.24, 2.45) is 0 Å². The summed E-state index contributed by atoms with van der Waals surface area (Å²) in [6.07, 6.45) is 20.0. The zero-order valence-electron chi connectivity index (χ0n) is 16.5. The van der Waals surface area contributed by atoms with Gasteiger partial charge in [-0.2, -0.15) is 6.20 Å². The Morgan fingerprint density at radius 1 is 0.556 bits per heavy atom. The minimum absolute atomic E-state index is 0.382. The van der Waals surface area contributed by atoms with Gasteiger partial charge in [0.15, 0.2) is 0 Å². The monoisotopic (exact) mass is 461 g/mol. The van der Waals surface area contributed by atoms with Crippen molar-refractivity contribution in [1.29, 1.82) is 0 Å². The molecule has 4 aliphatic rings. The van der Waals surface area contributed by atoms with Gasteiger partial charge in [-0.1, -0.05) is 69.9 Å². The average Bonchev–Trinajstić information content (AvgIpc) is 2.80. The molecule has 0 saturated carbocycles. The molecular formula is C20H36Cl2CoN4-4. The molecule has 0 aromatic carbocycles. The summed E-state index contributed by atoms with van der Waals surface area (Å²) >= 11 is 0.382. The van der Waals surface area contributed by atoms with E-state index in [2.05, 4.69) is 21.3 Å². The van der Waals surface area contributed by atoms with Gasteiger partial charge in [-0.25, -0.2) is 0 Å².